The fraction of sp³-hybridized carbons (Fsp3) is 0.500. The maximum absolute atomic E-state index is 13.9. The Hall–Kier alpha value is -1.82. The van der Waals surface area contributed by atoms with E-state index in [4.69, 9.17) is 11.6 Å². The first-order chi connectivity index (χ1) is 11.0. The minimum absolute atomic E-state index is 0.0589. The number of methoxy groups -OCH3 is 1. The molecule has 0 bridgehead atoms. The lowest BCUT2D eigenvalue weighted by Crippen LogP contribution is -2.39. The molecule has 2 rings (SSSR count). The molecule has 126 valence electrons. The quantitative estimate of drug-likeness (QED) is 0.895. The van der Waals surface area contributed by atoms with Crippen molar-refractivity contribution in [1.82, 2.24) is 10.2 Å². The van der Waals surface area contributed by atoms with Crippen LogP contribution in [0.1, 0.15) is 24.8 Å². The normalized spacial score (nSPS) is 17.2. The van der Waals surface area contributed by atoms with Crippen LogP contribution in [0.25, 0.3) is 0 Å². The molecule has 1 saturated heterocycles. The number of hydrogen-bond donors (Lipinski definition) is 1. The van der Waals surface area contributed by atoms with Gasteiger partial charge in [-0.2, -0.15) is 0 Å². The number of nitrogens with zero attached hydrogens (tertiary/aromatic N) is 1. The number of carbonyl (C=O) groups is 2. The molecule has 0 spiro atoms. The summed E-state index contributed by atoms with van der Waals surface area (Å²) in [6.45, 7) is 0.864. The molecule has 1 aliphatic rings. The molecule has 1 atom stereocenters. The third kappa shape index (κ3) is 4.58. The number of alkyl carbamates (subject to hydrolysis) is 1. The van der Waals surface area contributed by atoms with Gasteiger partial charge in [-0.3, -0.25) is 4.79 Å². The van der Waals surface area contributed by atoms with Crippen molar-refractivity contribution in [3.8, 4) is 0 Å². The molecule has 0 radical (unpaired) electrons. The van der Waals surface area contributed by atoms with Crippen LogP contribution in [0.2, 0.25) is 5.02 Å². The highest BCUT2D eigenvalue weighted by Gasteiger charge is 2.29. The van der Waals surface area contributed by atoms with Crippen molar-refractivity contribution in [2.45, 2.75) is 31.7 Å². The van der Waals surface area contributed by atoms with E-state index in [1.807, 2.05) is 0 Å². The molecule has 5 nitrogen and oxygen atoms in total. The Morgan fingerprint density at radius 1 is 1.48 bits per heavy atom. The Morgan fingerprint density at radius 3 is 2.96 bits per heavy atom. The van der Waals surface area contributed by atoms with Gasteiger partial charge in [0.1, 0.15) is 5.82 Å². The minimum atomic E-state index is -0.561. The number of amides is 2. The van der Waals surface area contributed by atoms with Gasteiger partial charge in [-0.25, -0.2) is 9.18 Å². The first kappa shape index (κ1) is 17.5. The largest absolute Gasteiger partial charge is 0.453 e. The molecule has 0 aliphatic carbocycles. The second-order valence-corrected chi connectivity index (χ2v) is 5.86. The van der Waals surface area contributed by atoms with Crippen LogP contribution in [0.4, 0.5) is 9.18 Å². The Morgan fingerprint density at radius 2 is 2.26 bits per heavy atom. The number of halogens is 2. The van der Waals surface area contributed by atoms with Crippen LogP contribution in [-0.4, -0.2) is 43.1 Å². The highest BCUT2D eigenvalue weighted by molar-refractivity contribution is 6.31. The molecular weight excluding hydrogens is 323 g/mol. The fourth-order valence-corrected chi connectivity index (χ4v) is 3.07. The Bertz CT molecular complexity index is 562. The van der Waals surface area contributed by atoms with Crippen molar-refractivity contribution in [2.24, 2.45) is 0 Å². The van der Waals surface area contributed by atoms with Crippen LogP contribution in [-0.2, 0) is 16.0 Å². The second kappa shape index (κ2) is 8.15. The average Bonchev–Trinajstić information content (AvgIpc) is 2.99. The van der Waals surface area contributed by atoms with E-state index in [0.29, 0.717) is 23.6 Å². The van der Waals surface area contributed by atoms with Gasteiger partial charge in [0.2, 0.25) is 5.91 Å². The maximum Gasteiger partial charge on any atom is 0.406 e. The van der Waals surface area contributed by atoms with E-state index in [2.05, 4.69) is 10.1 Å². The predicted molar refractivity (Wildman–Crippen MR) is 84.9 cm³/mol. The van der Waals surface area contributed by atoms with Crippen LogP contribution >= 0.6 is 11.6 Å². The van der Waals surface area contributed by atoms with Crippen molar-refractivity contribution in [1.29, 1.82) is 0 Å². The monoisotopic (exact) mass is 342 g/mol. The lowest BCUT2D eigenvalue weighted by atomic mass is 10.0. The van der Waals surface area contributed by atoms with Crippen LogP contribution in [0.5, 0.6) is 0 Å². The molecule has 1 aliphatic heterocycles. The van der Waals surface area contributed by atoms with Gasteiger partial charge < -0.3 is 15.0 Å². The van der Waals surface area contributed by atoms with Gasteiger partial charge in [-0.05, 0) is 31.4 Å². The molecule has 1 N–H and O–H groups in total. The summed E-state index contributed by atoms with van der Waals surface area (Å²) in [5.41, 5.74) is 0.451. The van der Waals surface area contributed by atoms with Crippen molar-refractivity contribution in [3.63, 3.8) is 0 Å². The molecule has 1 aromatic carbocycles. The van der Waals surface area contributed by atoms with Crippen molar-refractivity contribution >= 4 is 23.6 Å². The molecule has 1 heterocycles. The number of likely N-dealkylation sites (tertiary alicyclic amines) is 1. The maximum atomic E-state index is 13.9. The molecule has 2 amide bonds. The summed E-state index contributed by atoms with van der Waals surface area (Å²) in [6.07, 6.45) is 1.74. The van der Waals surface area contributed by atoms with Crippen LogP contribution in [0.3, 0.4) is 0 Å². The number of nitrogens with one attached hydrogen (secondary N) is 1. The van der Waals surface area contributed by atoms with Crippen LogP contribution in [0, 0.1) is 5.82 Å². The van der Waals surface area contributed by atoms with Crippen molar-refractivity contribution in [3.05, 3.63) is 34.6 Å². The zero-order valence-electron chi connectivity index (χ0n) is 13.0. The Labute approximate surface area is 139 Å². The van der Waals surface area contributed by atoms with E-state index in [-0.39, 0.29) is 30.7 Å². The first-order valence-corrected chi connectivity index (χ1v) is 7.95. The minimum Gasteiger partial charge on any atom is -0.453 e. The molecule has 7 heteroatoms. The number of ether oxygens (including phenoxy) is 1. The lowest BCUT2D eigenvalue weighted by molar-refractivity contribution is -0.131. The summed E-state index contributed by atoms with van der Waals surface area (Å²) >= 11 is 6.06. The van der Waals surface area contributed by atoms with E-state index in [1.165, 1.54) is 13.2 Å². The average molecular weight is 343 g/mol. The third-order valence-electron chi connectivity index (χ3n) is 3.99. The van der Waals surface area contributed by atoms with E-state index >= 15 is 0 Å². The van der Waals surface area contributed by atoms with Crippen molar-refractivity contribution in [2.75, 3.05) is 20.2 Å². The lowest BCUT2D eigenvalue weighted by Gasteiger charge is -2.25. The van der Waals surface area contributed by atoms with Gasteiger partial charge in [0.25, 0.3) is 0 Å². The summed E-state index contributed by atoms with van der Waals surface area (Å²) in [7, 11) is 1.27. The smallest absolute Gasteiger partial charge is 0.406 e. The predicted octanol–water partition coefficient (Wildman–Crippen LogP) is 2.76. The molecule has 0 saturated carbocycles. The molecule has 1 unspecified atom stereocenters. The SMILES string of the molecule is COC(=O)NCCC(=O)N1CCCC1Cc1c(F)cccc1Cl. The molecular formula is C16H20ClFN2O3. The zero-order valence-corrected chi connectivity index (χ0v) is 13.7. The van der Waals surface area contributed by atoms with Gasteiger partial charge in [-0.15, -0.1) is 0 Å². The number of carbonyl (C=O) groups excluding carboxylic acids is 2. The summed E-state index contributed by atoms with van der Waals surface area (Å²) in [5.74, 6) is -0.402. The number of rotatable bonds is 5. The fourth-order valence-electron chi connectivity index (χ4n) is 2.83. The third-order valence-corrected chi connectivity index (χ3v) is 4.35. The van der Waals surface area contributed by atoms with Crippen molar-refractivity contribution < 1.29 is 18.7 Å². The highest BCUT2D eigenvalue weighted by atomic mass is 35.5. The van der Waals surface area contributed by atoms with Crippen LogP contribution in [0.15, 0.2) is 18.2 Å². The molecule has 1 aromatic rings. The topological polar surface area (TPSA) is 58.6 Å². The Kier molecular flexibility index (Phi) is 6.21. The van der Waals surface area contributed by atoms with E-state index < -0.39 is 6.09 Å². The first-order valence-electron chi connectivity index (χ1n) is 7.57. The Balaban J connectivity index is 1.94. The summed E-state index contributed by atoms with van der Waals surface area (Å²) in [6, 6.07) is 4.54. The number of hydrogen-bond acceptors (Lipinski definition) is 3. The molecule has 23 heavy (non-hydrogen) atoms. The summed E-state index contributed by atoms with van der Waals surface area (Å²) < 4.78 is 18.4. The van der Waals surface area contributed by atoms with Gasteiger partial charge in [-0.1, -0.05) is 17.7 Å². The van der Waals surface area contributed by atoms with Gasteiger partial charge in [0.15, 0.2) is 0 Å². The van der Waals surface area contributed by atoms with Gasteiger partial charge >= 0.3 is 6.09 Å². The zero-order chi connectivity index (χ0) is 16.8. The number of benzene rings is 1. The molecule has 1 fully saturated rings. The second-order valence-electron chi connectivity index (χ2n) is 5.46. The van der Waals surface area contributed by atoms with E-state index in [9.17, 15) is 14.0 Å². The summed E-state index contributed by atoms with van der Waals surface area (Å²) in [5, 5.41) is 2.87. The highest BCUT2D eigenvalue weighted by Crippen LogP contribution is 2.27. The van der Waals surface area contributed by atoms with E-state index in [1.54, 1.807) is 17.0 Å². The molecule has 0 aromatic heterocycles. The van der Waals surface area contributed by atoms with Crippen LogP contribution < -0.4 is 5.32 Å². The van der Waals surface area contributed by atoms with Gasteiger partial charge in [0.05, 0.1) is 7.11 Å². The van der Waals surface area contributed by atoms with E-state index in [0.717, 1.165) is 12.8 Å². The summed E-state index contributed by atoms with van der Waals surface area (Å²) in [4.78, 5) is 25.0. The van der Waals surface area contributed by atoms with Gasteiger partial charge in [0, 0.05) is 36.1 Å². The standard InChI is InChI=1S/C16H20ClFN2O3/c1-23-16(22)19-8-7-15(21)20-9-3-4-11(20)10-12-13(17)5-2-6-14(12)18/h2,5-6,11H,3-4,7-10H2,1H3,(H,19,22).